The molecule has 6 nitrogen and oxygen atoms in total. The average molecular weight is 543 g/mol. The molecule has 5 aromatic rings. The quantitative estimate of drug-likeness (QED) is 0.221. The van der Waals surface area contributed by atoms with Crippen LogP contribution in [-0.4, -0.2) is 27.3 Å². The van der Waals surface area contributed by atoms with E-state index in [1.54, 1.807) is 16.8 Å². The molecule has 0 radical (unpaired) electrons. The van der Waals surface area contributed by atoms with E-state index >= 15 is 0 Å². The first-order chi connectivity index (χ1) is 18.5. The number of amides is 1. The molecule has 1 amide bonds. The Morgan fingerprint density at radius 3 is 2.08 bits per heavy atom. The van der Waals surface area contributed by atoms with Gasteiger partial charge in [-0.2, -0.15) is 4.98 Å². The summed E-state index contributed by atoms with van der Waals surface area (Å²) in [5, 5.41) is 8.45. The van der Waals surface area contributed by atoms with Gasteiger partial charge in [0.1, 0.15) is 0 Å². The van der Waals surface area contributed by atoms with Gasteiger partial charge >= 0.3 is 6.01 Å². The predicted molar refractivity (Wildman–Crippen MR) is 151 cm³/mol. The Bertz CT molecular complexity index is 1500. The molecule has 0 aliphatic rings. The Hall–Kier alpha value is -4.13. The molecule has 0 aliphatic carbocycles. The number of anilines is 1. The molecule has 0 atom stereocenters. The zero-order chi connectivity index (χ0) is 26.5. The number of benzene rings is 4. The fourth-order valence-corrected chi connectivity index (χ4v) is 4.47. The van der Waals surface area contributed by atoms with E-state index < -0.39 is 5.92 Å². The Balaban J connectivity index is 1.43. The summed E-state index contributed by atoms with van der Waals surface area (Å²) >= 11 is 12.4. The molecule has 0 bridgehead atoms. The maximum absolute atomic E-state index is 13.5. The zero-order valence-corrected chi connectivity index (χ0v) is 22.0. The van der Waals surface area contributed by atoms with Gasteiger partial charge in [-0.25, -0.2) is 4.68 Å². The van der Waals surface area contributed by atoms with Crippen molar-refractivity contribution in [2.24, 2.45) is 0 Å². The maximum atomic E-state index is 13.5. The predicted octanol–water partition coefficient (Wildman–Crippen LogP) is 7.41. The van der Waals surface area contributed by atoms with Gasteiger partial charge in [0.15, 0.2) is 5.82 Å². The maximum Gasteiger partial charge on any atom is 0.336 e. The molecule has 4 aromatic carbocycles. The van der Waals surface area contributed by atoms with E-state index in [2.05, 4.69) is 15.4 Å². The van der Waals surface area contributed by atoms with E-state index in [1.807, 2.05) is 97.9 Å². The normalized spacial score (nSPS) is 10.9. The highest BCUT2D eigenvalue weighted by molar-refractivity contribution is 6.42. The Morgan fingerprint density at radius 2 is 1.50 bits per heavy atom. The van der Waals surface area contributed by atoms with E-state index in [1.165, 1.54) is 0 Å². The summed E-state index contributed by atoms with van der Waals surface area (Å²) in [6.07, 6.45) is 0. The van der Waals surface area contributed by atoms with Crippen LogP contribution in [0.5, 0.6) is 6.01 Å². The lowest BCUT2D eigenvalue weighted by Gasteiger charge is -2.18. The Labute approximate surface area is 230 Å². The van der Waals surface area contributed by atoms with Crippen molar-refractivity contribution in [1.82, 2.24) is 14.8 Å². The van der Waals surface area contributed by atoms with Crippen LogP contribution in [0.4, 0.5) is 5.69 Å². The van der Waals surface area contributed by atoms with Crippen molar-refractivity contribution in [2.75, 3.05) is 11.9 Å². The number of rotatable bonds is 8. The molecule has 0 unspecified atom stereocenters. The summed E-state index contributed by atoms with van der Waals surface area (Å²) < 4.78 is 7.23. The van der Waals surface area contributed by atoms with Gasteiger partial charge in [0.05, 0.1) is 28.3 Å². The average Bonchev–Trinajstić information content (AvgIpc) is 3.36. The number of halogens is 2. The SMILES string of the molecule is CCOc1nc(-c2ccc(Cl)c(Cl)c2)n(-c2ccc(NC(=O)C(c3ccccc3)c3ccccc3)cc2)n1. The lowest BCUT2D eigenvalue weighted by Crippen LogP contribution is -2.22. The van der Waals surface area contributed by atoms with E-state index in [-0.39, 0.29) is 11.9 Å². The number of hydrogen-bond donors (Lipinski definition) is 1. The molecular weight excluding hydrogens is 519 g/mol. The molecule has 5 rings (SSSR count). The largest absolute Gasteiger partial charge is 0.463 e. The first-order valence-electron chi connectivity index (χ1n) is 12.1. The van der Waals surface area contributed by atoms with Crippen LogP contribution in [0.2, 0.25) is 10.0 Å². The van der Waals surface area contributed by atoms with Crippen LogP contribution in [0.25, 0.3) is 17.1 Å². The first kappa shape index (κ1) is 25.5. The van der Waals surface area contributed by atoms with Crippen LogP contribution in [0.15, 0.2) is 103 Å². The van der Waals surface area contributed by atoms with Gasteiger partial charge in [0, 0.05) is 11.3 Å². The number of nitrogens with zero attached hydrogens (tertiary/aromatic N) is 3. The number of carbonyl (C=O) groups excluding carboxylic acids is 1. The minimum Gasteiger partial charge on any atom is -0.463 e. The molecule has 0 spiro atoms. The third kappa shape index (κ3) is 5.57. The van der Waals surface area contributed by atoms with Crippen LogP contribution in [-0.2, 0) is 4.79 Å². The summed E-state index contributed by atoms with van der Waals surface area (Å²) in [6, 6.07) is 32.4. The van der Waals surface area contributed by atoms with Gasteiger partial charge in [-0.3, -0.25) is 4.79 Å². The van der Waals surface area contributed by atoms with Crippen LogP contribution in [0, 0.1) is 0 Å². The molecule has 0 fully saturated rings. The lowest BCUT2D eigenvalue weighted by atomic mass is 9.90. The highest BCUT2D eigenvalue weighted by Gasteiger charge is 2.23. The van der Waals surface area contributed by atoms with Crippen molar-refractivity contribution in [3.8, 4) is 23.1 Å². The number of aromatic nitrogens is 3. The molecular formula is C30H24Cl2N4O2. The highest BCUT2D eigenvalue weighted by atomic mass is 35.5. The second-order valence-corrected chi connectivity index (χ2v) is 9.30. The molecule has 190 valence electrons. The standard InChI is InChI=1S/C30H24Cl2N4O2/c1-2-38-30-34-28(22-13-18-25(31)26(32)19-22)36(35-30)24-16-14-23(15-17-24)33-29(37)27(20-9-5-3-6-10-20)21-11-7-4-8-12-21/h3-19,27H,2H2,1H3,(H,33,37). The minimum atomic E-state index is -0.442. The number of carbonyl (C=O) groups is 1. The van der Waals surface area contributed by atoms with Gasteiger partial charge in [0.2, 0.25) is 5.91 Å². The Morgan fingerprint density at radius 1 is 0.868 bits per heavy atom. The number of ether oxygens (including phenoxy) is 1. The van der Waals surface area contributed by atoms with E-state index in [4.69, 9.17) is 27.9 Å². The fourth-order valence-electron chi connectivity index (χ4n) is 4.17. The van der Waals surface area contributed by atoms with Gasteiger partial charge in [0.25, 0.3) is 0 Å². The van der Waals surface area contributed by atoms with E-state index in [0.29, 0.717) is 28.2 Å². The smallest absolute Gasteiger partial charge is 0.336 e. The zero-order valence-electron chi connectivity index (χ0n) is 20.5. The number of nitrogens with one attached hydrogen (secondary N) is 1. The van der Waals surface area contributed by atoms with Gasteiger partial charge in [-0.15, -0.1) is 5.10 Å². The van der Waals surface area contributed by atoms with E-state index in [9.17, 15) is 4.79 Å². The Kier molecular flexibility index (Phi) is 7.73. The second-order valence-electron chi connectivity index (χ2n) is 8.48. The molecule has 1 N–H and O–H groups in total. The third-order valence-corrected chi connectivity index (χ3v) is 6.69. The monoisotopic (exact) mass is 542 g/mol. The minimum absolute atomic E-state index is 0.119. The van der Waals surface area contributed by atoms with Crippen LogP contribution < -0.4 is 10.1 Å². The fraction of sp³-hybridized carbons (Fsp3) is 0.100. The summed E-state index contributed by atoms with van der Waals surface area (Å²) in [6.45, 7) is 2.30. The summed E-state index contributed by atoms with van der Waals surface area (Å²) in [5.74, 6) is -0.00884. The van der Waals surface area contributed by atoms with Crippen LogP contribution >= 0.6 is 23.2 Å². The molecule has 1 aromatic heterocycles. The summed E-state index contributed by atoms with van der Waals surface area (Å²) in [4.78, 5) is 18.0. The molecule has 0 aliphatic heterocycles. The number of hydrogen-bond acceptors (Lipinski definition) is 4. The molecule has 1 heterocycles. The third-order valence-electron chi connectivity index (χ3n) is 5.95. The van der Waals surface area contributed by atoms with Gasteiger partial charge < -0.3 is 10.1 Å². The van der Waals surface area contributed by atoms with Crippen molar-refractivity contribution in [3.63, 3.8) is 0 Å². The van der Waals surface area contributed by atoms with Crippen LogP contribution in [0.1, 0.15) is 24.0 Å². The second kappa shape index (κ2) is 11.5. The highest BCUT2D eigenvalue weighted by Crippen LogP contribution is 2.31. The van der Waals surface area contributed by atoms with Crippen molar-refractivity contribution in [2.45, 2.75) is 12.8 Å². The van der Waals surface area contributed by atoms with E-state index in [0.717, 1.165) is 22.4 Å². The van der Waals surface area contributed by atoms with Crippen molar-refractivity contribution in [3.05, 3.63) is 124 Å². The first-order valence-corrected chi connectivity index (χ1v) is 12.9. The van der Waals surface area contributed by atoms with Crippen molar-refractivity contribution >= 4 is 34.8 Å². The van der Waals surface area contributed by atoms with Crippen molar-refractivity contribution < 1.29 is 9.53 Å². The molecule has 38 heavy (non-hydrogen) atoms. The molecule has 8 heteroatoms. The van der Waals surface area contributed by atoms with Crippen LogP contribution in [0.3, 0.4) is 0 Å². The van der Waals surface area contributed by atoms with Gasteiger partial charge in [-0.05, 0) is 60.5 Å². The van der Waals surface area contributed by atoms with Crippen molar-refractivity contribution in [1.29, 1.82) is 0 Å². The summed E-state index contributed by atoms with van der Waals surface area (Å²) in [7, 11) is 0. The molecule has 0 saturated carbocycles. The summed E-state index contributed by atoms with van der Waals surface area (Å²) in [5.41, 5.74) is 3.99. The molecule has 0 saturated heterocycles. The van der Waals surface area contributed by atoms with Gasteiger partial charge in [-0.1, -0.05) is 83.9 Å². The lowest BCUT2D eigenvalue weighted by molar-refractivity contribution is -0.116. The topological polar surface area (TPSA) is 69.0 Å².